The molecule has 26 heavy (non-hydrogen) atoms. The molecule has 6 nitrogen and oxygen atoms in total. The zero-order valence-corrected chi connectivity index (χ0v) is 14.4. The van der Waals surface area contributed by atoms with Gasteiger partial charge in [0.1, 0.15) is 11.4 Å². The Hall–Kier alpha value is -2.80. The maximum atomic E-state index is 13.2. The molecule has 4 rings (SSSR count). The minimum atomic E-state index is -0.294. The van der Waals surface area contributed by atoms with Gasteiger partial charge in [0, 0.05) is 24.8 Å². The second kappa shape index (κ2) is 7.21. The van der Waals surface area contributed by atoms with Gasteiger partial charge in [-0.3, -0.25) is 4.79 Å². The lowest BCUT2D eigenvalue weighted by molar-refractivity contribution is 0.0951. The molecule has 3 aromatic rings. The molecule has 3 heterocycles. The number of carbonyl (C=O) groups is 1. The largest absolute Gasteiger partial charge is 0.351 e. The molecule has 0 radical (unpaired) electrons. The molecule has 0 saturated carbocycles. The van der Waals surface area contributed by atoms with E-state index in [-0.39, 0.29) is 11.7 Å². The number of aromatic nitrogens is 3. The van der Waals surface area contributed by atoms with Crippen molar-refractivity contribution in [2.24, 2.45) is 0 Å². The Balaban J connectivity index is 1.54. The molecule has 0 unspecified atom stereocenters. The van der Waals surface area contributed by atoms with Crippen LogP contribution in [0.2, 0.25) is 0 Å². The summed E-state index contributed by atoms with van der Waals surface area (Å²) < 4.78 is 14.8. The van der Waals surface area contributed by atoms with E-state index in [9.17, 15) is 9.18 Å². The van der Waals surface area contributed by atoms with Crippen molar-refractivity contribution >= 4 is 11.6 Å². The molecule has 0 aliphatic carbocycles. The molecular formula is C19H20FN5O. The molecule has 1 aliphatic rings. The first kappa shape index (κ1) is 16.7. The van der Waals surface area contributed by atoms with E-state index in [1.807, 2.05) is 0 Å². The van der Waals surface area contributed by atoms with Gasteiger partial charge in [0.15, 0.2) is 5.65 Å². The lowest BCUT2D eigenvalue weighted by atomic mass is 10.1. The number of benzene rings is 1. The number of rotatable bonds is 5. The number of hydrogen-bond acceptors (Lipinski definition) is 4. The third-order valence-electron chi connectivity index (χ3n) is 4.70. The van der Waals surface area contributed by atoms with E-state index in [2.05, 4.69) is 20.3 Å². The van der Waals surface area contributed by atoms with Crippen molar-refractivity contribution in [3.63, 3.8) is 0 Å². The monoisotopic (exact) mass is 353 g/mol. The van der Waals surface area contributed by atoms with E-state index < -0.39 is 0 Å². The molecule has 134 valence electrons. The van der Waals surface area contributed by atoms with Crippen LogP contribution in [0.4, 0.5) is 4.39 Å². The minimum Gasteiger partial charge on any atom is -0.351 e. The SMILES string of the molecule is O=C(NCCN1CCCC1)c1cnn2c(-c3ccc(F)cc3)ccnc12. The van der Waals surface area contributed by atoms with Gasteiger partial charge in [-0.1, -0.05) is 0 Å². The van der Waals surface area contributed by atoms with Crippen molar-refractivity contribution < 1.29 is 9.18 Å². The van der Waals surface area contributed by atoms with E-state index in [1.165, 1.54) is 31.2 Å². The number of halogens is 1. The minimum absolute atomic E-state index is 0.178. The Morgan fingerprint density at radius 1 is 1.15 bits per heavy atom. The van der Waals surface area contributed by atoms with Crippen LogP contribution in [0.1, 0.15) is 23.2 Å². The first-order valence-corrected chi connectivity index (χ1v) is 8.81. The van der Waals surface area contributed by atoms with Crippen molar-refractivity contribution in [2.75, 3.05) is 26.2 Å². The average molecular weight is 353 g/mol. The Morgan fingerprint density at radius 2 is 1.92 bits per heavy atom. The molecule has 1 aliphatic heterocycles. The van der Waals surface area contributed by atoms with E-state index in [0.717, 1.165) is 30.9 Å². The average Bonchev–Trinajstić information content (AvgIpc) is 3.31. The predicted molar refractivity (Wildman–Crippen MR) is 96.4 cm³/mol. The molecule has 2 aromatic heterocycles. The summed E-state index contributed by atoms with van der Waals surface area (Å²) in [5.41, 5.74) is 2.50. The molecule has 1 aromatic carbocycles. The maximum Gasteiger partial charge on any atom is 0.256 e. The fraction of sp³-hybridized carbons (Fsp3) is 0.316. The van der Waals surface area contributed by atoms with Crippen molar-refractivity contribution in [3.05, 3.63) is 54.1 Å². The van der Waals surface area contributed by atoms with Gasteiger partial charge in [-0.25, -0.2) is 13.9 Å². The number of nitrogens with one attached hydrogen (secondary N) is 1. The molecule has 0 atom stereocenters. The van der Waals surface area contributed by atoms with Crippen LogP contribution in [0, 0.1) is 5.82 Å². The van der Waals surface area contributed by atoms with Gasteiger partial charge < -0.3 is 10.2 Å². The number of hydrogen-bond donors (Lipinski definition) is 1. The highest BCUT2D eigenvalue weighted by atomic mass is 19.1. The van der Waals surface area contributed by atoms with Crippen molar-refractivity contribution in [2.45, 2.75) is 12.8 Å². The summed E-state index contributed by atoms with van der Waals surface area (Å²) in [7, 11) is 0. The van der Waals surface area contributed by atoms with Crippen molar-refractivity contribution in [1.29, 1.82) is 0 Å². The highest BCUT2D eigenvalue weighted by Crippen LogP contribution is 2.21. The lowest BCUT2D eigenvalue weighted by Gasteiger charge is -2.14. The van der Waals surface area contributed by atoms with Gasteiger partial charge in [-0.05, 0) is 56.3 Å². The molecule has 7 heteroatoms. The fourth-order valence-electron chi connectivity index (χ4n) is 3.32. The second-order valence-corrected chi connectivity index (χ2v) is 6.44. The predicted octanol–water partition coefficient (Wildman–Crippen LogP) is 2.36. The number of likely N-dealkylation sites (tertiary alicyclic amines) is 1. The number of fused-ring (bicyclic) bond motifs is 1. The maximum absolute atomic E-state index is 13.2. The van der Waals surface area contributed by atoms with Crippen LogP contribution >= 0.6 is 0 Å². The molecule has 0 bridgehead atoms. The van der Waals surface area contributed by atoms with Gasteiger partial charge in [0.2, 0.25) is 0 Å². The van der Waals surface area contributed by atoms with Crippen molar-refractivity contribution in [1.82, 2.24) is 24.8 Å². The summed E-state index contributed by atoms with van der Waals surface area (Å²) in [6.45, 7) is 3.68. The first-order valence-electron chi connectivity index (χ1n) is 8.81. The zero-order valence-electron chi connectivity index (χ0n) is 14.4. The van der Waals surface area contributed by atoms with Gasteiger partial charge in [0.25, 0.3) is 5.91 Å². The molecule has 1 amide bonds. The second-order valence-electron chi connectivity index (χ2n) is 6.44. The van der Waals surface area contributed by atoms with Gasteiger partial charge >= 0.3 is 0 Å². The zero-order chi connectivity index (χ0) is 17.9. The van der Waals surface area contributed by atoms with E-state index in [0.29, 0.717) is 17.8 Å². The van der Waals surface area contributed by atoms with Crippen LogP contribution in [0.15, 0.2) is 42.7 Å². The third kappa shape index (κ3) is 3.30. The topological polar surface area (TPSA) is 62.5 Å². The third-order valence-corrected chi connectivity index (χ3v) is 4.70. The quantitative estimate of drug-likeness (QED) is 0.765. The highest BCUT2D eigenvalue weighted by molar-refractivity contribution is 5.99. The van der Waals surface area contributed by atoms with Gasteiger partial charge in [-0.15, -0.1) is 0 Å². The molecule has 0 spiro atoms. The molecule has 1 fully saturated rings. The first-order chi connectivity index (χ1) is 12.7. The summed E-state index contributed by atoms with van der Waals surface area (Å²) in [5, 5.41) is 7.26. The van der Waals surface area contributed by atoms with Crippen LogP contribution in [0.5, 0.6) is 0 Å². The number of carbonyl (C=O) groups excluding carboxylic acids is 1. The molecule has 1 N–H and O–H groups in total. The Bertz CT molecular complexity index is 915. The van der Waals surface area contributed by atoms with Crippen LogP contribution in [0.25, 0.3) is 16.9 Å². The van der Waals surface area contributed by atoms with Crippen molar-refractivity contribution in [3.8, 4) is 11.3 Å². The van der Waals surface area contributed by atoms with E-state index in [4.69, 9.17) is 0 Å². The van der Waals surface area contributed by atoms with Gasteiger partial charge in [-0.2, -0.15) is 5.10 Å². The fourth-order valence-corrected chi connectivity index (χ4v) is 3.32. The van der Waals surface area contributed by atoms with Gasteiger partial charge in [0.05, 0.1) is 11.9 Å². The normalized spacial score (nSPS) is 14.8. The van der Waals surface area contributed by atoms with E-state index >= 15 is 0 Å². The van der Waals surface area contributed by atoms with Crippen LogP contribution in [0.3, 0.4) is 0 Å². The summed E-state index contributed by atoms with van der Waals surface area (Å²) in [4.78, 5) is 19.2. The summed E-state index contributed by atoms with van der Waals surface area (Å²) in [6.07, 6.45) is 5.63. The highest BCUT2D eigenvalue weighted by Gasteiger charge is 2.17. The Kier molecular flexibility index (Phi) is 4.62. The number of amides is 1. The molecular weight excluding hydrogens is 333 g/mol. The molecule has 1 saturated heterocycles. The summed E-state index contributed by atoms with van der Waals surface area (Å²) in [5.74, 6) is -0.472. The van der Waals surface area contributed by atoms with Crippen LogP contribution in [-0.4, -0.2) is 51.6 Å². The van der Waals surface area contributed by atoms with Crippen LogP contribution < -0.4 is 5.32 Å². The summed E-state index contributed by atoms with van der Waals surface area (Å²) >= 11 is 0. The smallest absolute Gasteiger partial charge is 0.256 e. The van der Waals surface area contributed by atoms with E-state index in [1.54, 1.807) is 28.9 Å². The lowest BCUT2D eigenvalue weighted by Crippen LogP contribution is -2.33. The summed E-state index contributed by atoms with van der Waals surface area (Å²) in [6, 6.07) is 7.96. The Morgan fingerprint density at radius 3 is 2.69 bits per heavy atom. The standard InChI is InChI=1S/C19H20FN5O/c20-15-5-3-14(4-6-15)17-7-8-21-18-16(13-23-25(17)18)19(26)22-9-12-24-10-1-2-11-24/h3-8,13H,1-2,9-12H2,(H,22,26). The van der Waals surface area contributed by atoms with Crippen LogP contribution in [-0.2, 0) is 0 Å². The number of nitrogens with zero attached hydrogens (tertiary/aromatic N) is 4. The Labute approximate surface area is 150 Å².